The number of amides is 1. The van der Waals surface area contributed by atoms with Gasteiger partial charge in [0.2, 0.25) is 10.0 Å². The Morgan fingerprint density at radius 1 is 1.20 bits per heavy atom. The fraction of sp³-hybridized carbons (Fsp3) is 0.529. The van der Waals surface area contributed by atoms with Crippen molar-refractivity contribution in [3.63, 3.8) is 0 Å². The summed E-state index contributed by atoms with van der Waals surface area (Å²) in [5.74, 6) is -1.72. The highest BCUT2D eigenvalue weighted by atomic mass is 32.2. The van der Waals surface area contributed by atoms with Crippen molar-refractivity contribution in [2.45, 2.75) is 56.5 Å². The van der Waals surface area contributed by atoms with Gasteiger partial charge in [-0.2, -0.15) is 4.31 Å². The summed E-state index contributed by atoms with van der Waals surface area (Å²) in [5, 5.41) is 11.5. The quantitative estimate of drug-likeness (QED) is 0.825. The van der Waals surface area contributed by atoms with Gasteiger partial charge in [-0.25, -0.2) is 13.2 Å². The van der Waals surface area contributed by atoms with E-state index in [1.54, 1.807) is 0 Å². The first-order chi connectivity index (χ1) is 11.6. The van der Waals surface area contributed by atoms with Crippen molar-refractivity contribution in [3.05, 3.63) is 29.8 Å². The molecule has 0 aromatic heterocycles. The number of aliphatic carboxylic acids is 1. The van der Waals surface area contributed by atoms with Crippen LogP contribution in [-0.4, -0.2) is 47.8 Å². The number of hydrogen-bond acceptors (Lipinski definition) is 4. The molecule has 1 amide bonds. The zero-order valence-electron chi connectivity index (χ0n) is 14.7. The van der Waals surface area contributed by atoms with Gasteiger partial charge in [0.15, 0.2) is 0 Å². The minimum absolute atomic E-state index is 0.0434. The zero-order chi connectivity index (χ0) is 18.8. The van der Waals surface area contributed by atoms with Crippen molar-refractivity contribution >= 4 is 21.9 Å². The second kappa shape index (κ2) is 7.13. The minimum atomic E-state index is -3.59. The van der Waals surface area contributed by atoms with E-state index in [9.17, 15) is 18.0 Å². The number of hydrogen-bond donors (Lipinski definition) is 2. The highest BCUT2D eigenvalue weighted by Gasteiger charge is 2.32. The average molecular weight is 368 g/mol. The largest absolute Gasteiger partial charge is 0.480 e. The monoisotopic (exact) mass is 368 g/mol. The number of sulfonamides is 1. The third kappa shape index (κ3) is 4.19. The highest BCUT2D eigenvalue weighted by molar-refractivity contribution is 7.89. The number of nitrogens with zero attached hydrogens (tertiary/aromatic N) is 1. The van der Waals surface area contributed by atoms with Gasteiger partial charge in [0, 0.05) is 18.2 Å². The molecule has 1 aromatic rings. The molecule has 1 unspecified atom stereocenters. The molecule has 0 bridgehead atoms. The topological polar surface area (TPSA) is 104 Å². The van der Waals surface area contributed by atoms with E-state index < -0.39 is 27.4 Å². The number of carbonyl (C=O) groups excluding carboxylic acids is 1. The first-order valence-electron chi connectivity index (χ1n) is 8.23. The Morgan fingerprint density at radius 3 is 2.32 bits per heavy atom. The van der Waals surface area contributed by atoms with Crippen molar-refractivity contribution in [1.29, 1.82) is 0 Å². The molecule has 25 heavy (non-hydrogen) atoms. The van der Waals surface area contributed by atoms with Gasteiger partial charge in [-0.15, -0.1) is 0 Å². The first kappa shape index (κ1) is 19.4. The lowest BCUT2D eigenvalue weighted by Gasteiger charge is -2.32. The molecule has 0 aliphatic carbocycles. The Labute approximate surface area is 148 Å². The van der Waals surface area contributed by atoms with Crippen LogP contribution in [0, 0.1) is 0 Å². The van der Waals surface area contributed by atoms with Gasteiger partial charge >= 0.3 is 5.97 Å². The number of benzene rings is 1. The maximum Gasteiger partial charge on any atom is 0.328 e. The van der Waals surface area contributed by atoms with Crippen molar-refractivity contribution in [3.8, 4) is 0 Å². The molecular formula is C17H24N2O5S. The van der Waals surface area contributed by atoms with Gasteiger partial charge in [-0.3, -0.25) is 4.79 Å². The van der Waals surface area contributed by atoms with E-state index >= 15 is 0 Å². The van der Waals surface area contributed by atoms with E-state index in [2.05, 4.69) is 5.32 Å². The molecule has 1 aliphatic rings. The third-order valence-electron chi connectivity index (χ3n) is 4.43. The molecule has 138 valence electrons. The molecule has 1 fully saturated rings. The van der Waals surface area contributed by atoms with Crippen LogP contribution in [-0.2, 0) is 14.8 Å². The standard InChI is InChI=1S/C17H24N2O5S/c1-12-6-4-5-11-19(12)25(23,24)14-9-7-13(8-10-14)15(20)18-17(2,3)16(21)22/h7-10,12H,4-6,11H2,1-3H3,(H,18,20)(H,21,22). The molecule has 2 rings (SSSR count). The van der Waals surface area contributed by atoms with Crippen LogP contribution in [0.2, 0.25) is 0 Å². The number of rotatable bonds is 5. The molecule has 1 atom stereocenters. The van der Waals surface area contributed by atoms with Gasteiger partial charge < -0.3 is 10.4 Å². The minimum Gasteiger partial charge on any atom is -0.480 e. The summed E-state index contributed by atoms with van der Waals surface area (Å²) in [4.78, 5) is 23.4. The maximum atomic E-state index is 12.7. The SMILES string of the molecule is CC1CCCCN1S(=O)(=O)c1ccc(C(=O)NC(C)(C)C(=O)O)cc1. The van der Waals surface area contributed by atoms with E-state index in [-0.39, 0.29) is 16.5 Å². The summed E-state index contributed by atoms with van der Waals surface area (Å²) in [7, 11) is -3.59. The summed E-state index contributed by atoms with van der Waals surface area (Å²) in [6, 6.07) is 5.53. The highest BCUT2D eigenvalue weighted by Crippen LogP contribution is 2.25. The van der Waals surface area contributed by atoms with Crippen LogP contribution in [0.3, 0.4) is 0 Å². The second-order valence-corrected chi connectivity index (χ2v) is 8.76. The number of carboxylic acid groups (broad SMARTS) is 1. The van der Waals surface area contributed by atoms with E-state index in [0.717, 1.165) is 19.3 Å². The molecular weight excluding hydrogens is 344 g/mol. The summed E-state index contributed by atoms with van der Waals surface area (Å²) in [5.41, 5.74) is -1.20. The Bertz CT molecular complexity index is 756. The predicted molar refractivity (Wildman–Crippen MR) is 92.8 cm³/mol. The van der Waals surface area contributed by atoms with Gasteiger partial charge in [0.05, 0.1) is 4.90 Å². The van der Waals surface area contributed by atoms with Crippen LogP contribution < -0.4 is 5.32 Å². The van der Waals surface area contributed by atoms with E-state index in [0.29, 0.717) is 6.54 Å². The molecule has 1 aromatic carbocycles. The molecule has 1 heterocycles. The zero-order valence-corrected chi connectivity index (χ0v) is 15.5. The Kier molecular flexibility index (Phi) is 5.53. The van der Waals surface area contributed by atoms with E-state index in [1.165, 1.54) is 42.4 Å². The molecule has 0 spiro atoms. The van der Waals surface area contributed by atoms with E-state index in [1.807, 2.05) is 6.92 Å². The van der Waals surface area contributed by atoms with Crippen LogP contribution in [0.4, 0.5) is 0 Å². The fourth-order valence-electron chi connectivity index (χ4n) is 2.75. The van der Waals surface area contributed by atoms with Gasteiger partial charge in [0.25, 0.3) is 5.91 Å². The van der Waals surface area contributed by atoms with Gasteiger partial charge in [0.1, 0.15) is 5.54 Å². The maximum absolute atomic E-state index is 12.7. The predicted octanol–water partition coefficient (Wildman–Crippen LogP) is 1.84. The van der Waals surface area contributed by atoms with E-state index in [4.69, 9.17) is 5.11 Å². The lowest BCUT2D eigenvalue weighted by atomic mass is 10.1. The number of carboxylic acids is 1. The van der Waals surface area contributed by atoms with Crippen LogP contribution in [0.1, 0.15) is 50.4 Å². The summed E-state index contributed by atoms with van der Waals surface area (Å²) >= 11 is 0. The van der Waals surface area contributed by atoms with Crippen LogP contribution >= 0.6 is 0 Å². The Hall–Kier alpha value is -1.93. The van der Waals surface area contributed by atoms with Crippen molar-refractivity contribution in [2.75, 3.05) is 6.54 Å². The smallest absolute Gasteiger partial charge is 0.328 e. The van der Waals surface area contributed by atoms with Crippen LogP contribution in [0.5, 0.6) is 0 Å². The Morgan fingerprint density at radius 2 is 1.80 bits per heavy atom. The average Bonchev–Trinajstić information content (AvgIpc) is 2.54. The van der Waals surface area contributed by atoms with Crippen molar-refractivity contribution < 1.29 is 23.1 Å². The molecule has 0 radical (unpaired) electrons. The molecule has 7 nitrogen and oxygen atoms in total. The molecule has 1 saturated heterocycles. The van der Waals surface area contributed by atoms with Crippen LogP contribution in [0.25, 0.3) is 0 Å². The lowest BCUT2D eigenvalue weighted by Crippen LogP contribution is -2.49. The number of carbonyl (C=O) groups is 2. The summed E-state index contributed by atoms with van der Waals surface area (Å²) in [6.45, 7) is 5.15. The normalized spacial score (nSPS) is 19.4. The summed E-state index contributed by atoms with van der Waals surface area (Å²) < 4.78 is 27.0. The second-order valence-electron chi connectivity index (χ2n) is 6.87. The van der Waals surface area contributed by atoms with Gasteiger partial charge in [-0.05, 0) is 57.9 Å². The summed E-state index contributed by atoms with van der Waals surface area (Å²) in [6.07, 6.45) is 2.70. The molecule has 2 N–H and O–H groups in total. The number of piperidine rings is 1. The van der Waals surface area contributed by atoms with Crippen molar-refractivity contribution in [2.24, 2.45) is 0 Å². The van der Waals surface area contributed by atoms with Crippen LogP contribution in [0.15, 0.2) is 29.2 Å². The van der Waals surface area contributed by atoms with Crippen molar-refractivity contribution in [1.82, 2.24) is 9.62 Å². The Balaban J connectivity index is 2.19. The van der Waals surface area contributed by atoms with Gasteiger partial charge in [-0.1, -0.05) is 6.42 Å². The molecule has 8 heteroatoms. The fourth-order valence-corrected chi connectivity index (χ4v) is 4.45. The molecule has 1 aliphatic heterocycles. The first-order valence-corrected chi connectivity index (χ1v) is 9.67. The third-order valence-corrected chi connectivity index (χ3v) is 6.45. The molecule has 0 saturated carbocycles. The lowest BCUT2D eigenvalue weighted by molar-refractivity contribution is -0.143. The number of nitrogens with one attached hydrogen (secondary N) is 1.